The fraction of sp³-hybridized carbons (Fsp3) is 0.655. The van der Waals surface area contributed by atoms with Gasteiger partial charge in [-0.25, -0.2) is 4.57 Å². The summed E-state index contributed by atoms with van der Waals surface area (Å²) in [6.07, 6.45) is 27.3. The molecule has 9 heteroatoms. The van der Waals surface area contributed by atoms with Gasteiger partial charge in [-0.15, -0.1) is 0 Å². The van der Waals surface area contributed by atoms with Crippen molar-refractivity contribution in [3.05, 3.63) is 48.6 Å². The number of rotatable bonds is 24. The van der Waals surface area contributed by atoms with Crippen LogP contribution in [0, 0.1) is 0 Å². The third-order valence-electron chi connectivity index (χ3n) is 5.41. The lowest BCUT2D eigenvalue weighted by Gasteiger charge is -2.18. The summed E-state index contributed by atoms with van der Waals surface area (Å²) in [5, 5.41) is 0. The smallest absolute Gasteiger partial charge is 0.462 e. The van der Waals surface area contributed by atoms with Crippen LogP contribution in [0.25, 0.3) is 0 Å². The molecule has 0 aromatic carbocycles. The minimum absolute atomic E-state index is 0.174. The van der Waals surface area contributed by atoms with Crippen molar-refractivity contribution in [2.45, 2.75) is 110 Å². The Morgan fingerprint density at radius 1 is 0.711 bits per heavy atom. The third kappa shape index (κ3) is 27.1. The van der Waals surface area contributed by atoms with E-state index in [0.29, 0.717) is 12.8 Å². The molecule has 218 valence electrons. The topological polar surface area (TPSA) is 119 Å². The van der Waals surface area contributed by atoms with Crippen LogP contribution in [0.15, 0.2) is 48.6 Å². The molecule has 0 aliphatic heterocycles. The van der Waals surface area contributed by atoms with Crippen LogP contribution < -0.4 is 0 Å². The summed E-state index contributed by atoms with van der Waals surface area (Å²) in [4.78, 5) is 42.1. The molecule has 0 saturated carbocycles. The summed E-state index contributed by atoms with van der Waals surface area (Å²) in [7, 11) is -4.75. The Bertz CT molecular complexity index is 767. The predicted molar refractivity (Wildman–Crippen MR) is 151 cm³/mol. The maximum Gasteiger partial charge on any atom is 0.469 e. The first-order valence-corrected chi connectivity index (χ1v) is 15.5. The van der Waals surface area contributed by atoms with Crippen LogP contribution >= 0.6 is 7.82 Å². The molecular weight excluding hydrogens is 507 g/mol. The zero-order chi connectivity index (χ0) is 28.3. The largest absolute Gasteiger partial charge is 0.469 e. The van der Waals surface area contributed by atoms with E-state index in [1.54, 1.807) is 0 Å². The van der Waals surface area contributed by atoms with E-state index in [0.717, 1.165) is 57.8 Å². The van der Waals surface area contributed by atoms with E-state index in [2.05, 4.69) is 30.5 Å². The molecule has 0 saturated heterocycles. The zero-order valence-electron chi connectivity index (χ0n) is 23.3. The van der Waals surface area contributed by atoms with Crippen molar-refractivity contribution in [2.24, 2.45) is 0 Å². The van der Waals surface area contributed by atoms with Gasteiger partial charge in [0, 0.05) is 12.8 Å². The molecule has 0 rings (SSSR count). The highest BCUT2D eigenvalue weighted by Gasteiger charge is 2.22. The maximum absolute atomic E-state index is 12.2. The molecular formula is C29H49O8P. The Morgan fingerprint density at radius 2 is 1.34 bits per heavy atom. The van der Waals surface area contributed by atoms with Gasteiger partial charge in [-0.3, -0.25) is 14.1 Å². The molecule has 38 heavy (non-hydrogen) atoms. The molecule has 8 nitrogen and oxygen atoms in total. The van der Waals surface area contributed by atoms with Crippen molar-refractivity contribution in [2.75, 3.05) is 13.2 Å². The molecule has 0 aromatic heterocycles. The van der Waals surface area contributed by atoms with Crippen molar-refractivity contribution < 1.29 is 37.9 Å². The van der Waals surface area contributed by atoms with Crippen molar-refractivity contribution in [1.82, 2.24) is 0 Å². The lowest BCUT2D eigenvalue weighted by molar-refractivity contribution is -0.161. The van der Waals surface area contributed by atoms with Gasteiger partial charge in [0.2, 0.25) is 0 Å². The summed E-state index contributed by atoms with van der Waals surface area (Å²) >= 11 is 0. The second kappa shape index (κ2) is 25.3. The fourth-order valence-corrected chi connectivity index (χ4v) is 3.69. The van der Waals surface area contributed by atoms with E-state index in [9.17, 15) is 14.2 Å². The van der Waals surface area contributed by atoms with E-state index < -0.39 is 32.5 Å². The fourth-order valence-electron chi connectivity index (χ4n) is 3.33. The SMILES string of the molecule is CC/C=C/C=C/C=C/CCCCCCCC(=O)OC(COC(=O)CC/C=C/CCCCC)COP(=O)(O)O. The highest BCUT2D eigenvalue weighted by atomic mass is 31.2. The molecule has 0 bridgehead atoms. The first kappa shape index (κ1) is 36.0. The highest BCUT2D eigenvalue weighted by Crippen LogP contribution is 2.35. The second-order valence-corrected chi connectivity index (χ2v) is 10.3. The van der Waals surface area contributed by atoms with Crippen molar-refractivity contribution >= 4 is 19.8 Å². The molecule has 0 aliphatic carbocycles. The first-order valence-electron chi connectivity index (χ1n) is 14.0. The minimum Gasteiger partial charge on any atom is -0.462 e. The average Bonchev–Trinajstić information content (AvgIpc) is 2.87. The summed E-state index contributed by atoms with van der Waals surface area (Å²) in [6.45, 7) is 3.37. The number of phosphoric ester groups is 1. The number of ether oxygens (including phenoxy) is 2. The normalized spacial score (nSPS) is 13.3. The Balaban J connectivity index is 4.18. The van der Waals surface area contributed by atoms with Gasteiger partial charge in [0.15, 0.2) is 6.10 Å². The highest BCUT2D eigenvalue weighted by molar-refractivity contribution is 7.46. The van der Waals surface area contributed by atoms with Crippen LogP contribution in [0.5, 0.6) is 0 Å². The van der Waals surface area contributed by atoms with Crippen LogP contribution in [0.3, 0.4) is 0 Å². The van der Waals surface area contributed by atoms with Crippen molar-refractivity contribution in [1.29, 1.82) is 0 Å². The molecule has 0 aromatic rings. The molecule has 0 spiro atoms. The standard InChI is InChI=1S/C29H49O8P/c1-3-5-7-9-11-12-13-14-15-16-18-20-22-24-29(31)37-27(26-36-38(32,33)34)25-35-28(30)23-21-19-17-10-8-6-4-2/h5,7,9,11-13,17,19,27H,3-4,6,8,10,14-16,18,20-26H2,1-2H3,(H2,32,33,34)/b7-5+,11-9+,13-12+,19-17+. The maximum atomic E-state index is 12.2. The van der Waals surface area contributed by atoms with Crippen LogP contribution in [0.4, 0.5) is 0 Å². The van der Waals surface area contributed by atoms with Crippen LogP contribution in [-0.4, -0.2) is 41.0 Å². The number of phosphoric acid groups is 1. The van der Waals surface area contributed by atoms with Gasteiger partial charge in [0.1, 0.15) is 6.61 Å². The molecule has 0 fully saturated rings. The lowest BCUT2D eigenvalue weighted by atomic mass is 10.1. The predicted octanol–water partition coefficient (Wildman–Crippen LogP) is 7.28. The van der Waals surface area contributed by atoms with Gasteiger partial charge in [0.05, 0.1) is 6.61 Å². The number of carbonyl (C=O) groups excluding carboxylic acids is 2. The average molecular weight is 557 g/mol. The number of unbranched alkanes of at least 4 members (excludes halogenated alkanes) is 8. The number of allylic oxidation sites excluding steroid dienone is 8. The monoisotopic (exact) mass is 556 g/mol. The van der Waals surface area contributed by atoms with Crippen LogP contribution in [0.1, 0.15) is 104 Å². The van der Waals surface area contributed by atoms with Gasteiger partial charge < -0.3 is 19.3 Å². The Labute approximate surface area is 229 Å². The second-order valence-electron chi connectivity index (χ2n) is 9.04. The molecule has 0 heterocycles. The number of carbonyl (C=O) groups is 2. The molecule has 0 amide bonds. The summed E-state index contributed by atoms with van der Waals surface area (Å²) < 4.78 is 25.9. The number of hydrogen-bond acceptors (Lipinski definition) is 6. The first-order chi connectivity index (χ1) is 18.3. The van der Waals surface area contributed by atoms with E-state index in [1.807, 2.05) is 36.5 Å². The minimum atomic E-state index is -4.75. The lowest BCUT2D eigenvalue weighted by Crippen LogP contribution is -2.29. The summed E-state index contributed by atoms with van der Waals surface area (Å²) in [5.74, 6) is -0.984. The van der Waals surface area contributed by atoms with Gasteiger partial charge in [0.25, 0.3) is 0 Å². The van der Waals surface area contributed by atoms with Gasteiger partial charge in [-0.1, -0.05) is 94.6 Å². The van der Waals surface area contributed by atoms with Crippen molar-refractivity contribution in [3.8, 4) is 0 Å². The molecule has 0 radical (unpaired) electrons. The van der Waals surface area contributed by atoms with Crippen LogP contribution in [-0.2, 0) is 28.2 Å². The third-order valence-corrected chi connectivity index (χ3v) is 5.89. The Hall–Kier alpha value is -1.99. The van der Waals surface area contributed by atoms with Gasteiger partial charge >= 0.3 is 19.8 Å². The molecule has 0 aliphatic rings. The van der Waals surface area contributed by atoms with E-state index in [4.69, 9.17) is 19.3 Å². The van der Waals surface area contributed by atoms with Gasteiger partial charge in [-0.05, 0) is 44.9 Å². The number of esters is 2. The van der Waals surface area contributed by atoms with Crippen molar-refractivity contribution in [3.63, 3.8) is 0 Å². The van der Waals surface area contributed by atoms with Gasteiger partial charge in [-0.2, -0.15) is 0 Å². The molecule has 1 atom stereocenters. The van der Waals surface area contributed by atoms with E-state index in [-0.39, 0.29) is 19.4 Å². The quantitative estimate of drug-likeness (QED) is 0.0419. The summed E-state index contributed by atoms with van der Waals surface area (Å²) in [5.41, 5.74) is 0. The van der Waals surface area contributed by atoms with E-state index >= 15 is 0 Å². The molecule has 2 N–H and O–H groups in total. The Kier molecular flexibility index (Phi) is 24.0. The molecule has 1 unspecified atom stereocenters. The van der Waals surface area contributed by atoms with Crippen LogP contribution in [0.2, 0.25) is 0 Å². The van der Waals surface area contributed by atoms with E-state index in [1.165, 1.54) is 6.42 Å². The summed E-state index contributed by atoms with van der Waals surface area (Å²) in [6, 6.07) is 0. The number of hydrogen-bond donors (Lipinski definition) is 2. The Morgan fingerprint density at radius 3 is 2.05 bits per heavy atom. The zero-order valence-corrected chi connectivity index (χ0v) is 24.2.